The maximum atomic E-state index is 14.1. The van der Waals surface area contributed by atoms with Crippen LogP contribution in [0.25, 0.3) is 0 Å². The van der Waals surface area contributed by atoms with Crippen molar-refractivity contribution < 1.29 is 9.90 Å². The lowest BCUT2D eigenvalue weighted by atomic mass is 10.0. The maximum Gasteiger partial charge on any atom is 0.236 e. The lowest BCUT2D eigenvalue weighted by Crippen LogP contribution is -2.43. The molecular weight excluding hydrogens is 869 g/mol. The number of carbonyl (C=O) groups is 1. The second-order valence-corrected chi connectivity index (χ2v) is 22.9. The van der Waals surface area contributed by atoms with Crippen LogP contribution in [-0.2, 0) is 4.79 Å². The molecule has 1 atom stereocenters. The molecule has 0 spiro atoms. The minimum Gasteiger partial charge on any atom is -0.516 e. The van der Waals surface area contributed by atoms with Crippen LogP contribution in [0.1, 0.15) is 324 Å². The quantitative estimate of drug-likeness (QED) is 0.0486. The number of hydrogen-bond acceptors (Lipinski definition) is 5. The summed E-state index contributed by atoms with van der Waals surface area (Å²) >= 11 is 0. The van der Waals surface area contributed by atoms with Crippen LogP contribution in [-0.4, -0.2) is 103 Å². The van der Waals surface area contributed by atoms with E-state index in [1.807, 2.05) is 0 Å². The van der Waals surface area contributed by atoms with E-state index < -0.39 is 0 Å². The first kappa shape index (κ1) is 69.9. The first-order valence-corrected chi connectivity index (χ1v) is 32.7. The molecule has 0 aromatic heterocycles. The number of nitrogens with zero attached hydrogens (tertiary/aromatic N) is 4. The monoisotopic (exact) mass is 1000 g/mol. The van der Waals surface area contributed by atoms with Gasteiger partial charge in [-0.25, -0.2) is 0 Å². The molecule has 1 amide bonds. The first-order chi connectivity index (χ1) is 35.0. The molecule has 1 saturated heterocycles. The molecule has 0 radical (unpaired) electrons. The van der Waals surface area contributed by atoms with Crippen molar-refractivity contribution in [1.82, 2.24) is 19.6 Å². The molecule has 1 aliphatic rings. The smallest absolute Gasteiger partial charge is 0.236 e. The third kappa shape index (κ3) is 49.5. The molecule has 1 fully saturated rings. The molecule has 0 aromatic carbocycles. The number of hydrogen-bond donors (Lipinski definition) is 1. The Kier molecular flexibility index (Phi) is 57.2. The summed E-state index contributed by atoms with van der Waals surface area (Å²) in [7, 11) is 0. The lowest BCUT2D eigenvalue weighted by molar-refractivity contribution is -0.131. The normalized spacial score (nSPS) is 13.8. The number of rotatable bonds is 56. The van der Waals surface area contributed by atoms with Crippen molar-refractivity contribution in [1.29, 1.82) is 0 Å². The zero-order valence-corrected chi connectivity index (χ0v) is 49.6. The molecule has 6 nitrogen and oxygen atoms in total. The molecule has 1 unspecified atom stereocenters. The van der Waals surface area contributed by atoms with E-state index in [2.05, 4.69) is 60.8 Å². The molecule has 71 heavy (non-hydrogen) atoms. The van der Waals surface area contributed by atoms with E-state index in [1.54, 1.807) is 0 Å². The van der Waals surface area contributed by atoms with Crippen LogP contribution < -0.4 is 0 Å². The molecule has 424 valence electrons. The van der Waals surface area contributed by atoms with Crippen LogP contribution in [0.4, 0.5) is 0 Å². The van der Waals surface area contributed by atoms with E-state index in [1.165, 1.54) is 322 Å². The highest BCUT2D eigenvalue weighted by atomic mass is 16.2. The van der Waals surface area contributed by atoms with E-state index in [4.69, 9.17) is 5.11 Å². The Bertz CT molecular complexity index is 1020. The van der Waals surface area contributed by atoms with Crippen molar-refractivity contribution in [3.8, 4) is 0 Å². The van der Waals surface area contributed by atoms with Crippen molar-refractivity contribution in [2.24, 2.45) is 5.92 Å². The van der Waals surface area contributed by atoms with E-state index in [9.17, 15) is 4.79 Å². The molecule has 1 rings (SSSR count). The van der Waals surface area contributed by atoms with Gasteiger partial charge in [-0.1, -0.05) is 285 Å². The number of amides is 1. The molecule has 0 saturated carbocycles. The fourth-order valence-electron chi connectivity index (χ4n) is 11.1. The van der Waals surface area contributed by atoms with Crippen LogP contribution in [0.5, 0.6) is 0 Å². The summed E-state index contributed by atoms with van der Waals surface area (Å²) < 4.78 is 0. The van der Waals surface area contributed by atoms with E-state index in [-0.39, 0.29) is 0 Å². The van der Waals surface area contributed by atoms with Crippen LogP contribution in [0.3, 0.4) is 0 Å². The predicted octanol–water partition coefficient (Wildman–Crippen LogP) is 19.7. The standard InChI is InChI=1S/C63H128N4O.C2H4O/c1-6-11-16-21-26-28-30-31-33-38-42-45-52-64(51-44-41-37-32-29-27-22-17-12-7-2)56-49-62-50-57-67(60-62)63(68)61-66(55-48-43-36-25-20-15-10-5)59-58-65(53-46-39-34-23-18-13-8-3)54-47-40-35-24-19-14-9-4;1-2-3/h62H,6-61H2,1-5H3;2-3H,1H2. The summed E-state index contributed by atoms with van der Waals surface area (Å²) in [4.78, 5) is 24.7. The third-order valence-corrected chi connectivity index (χ3v) is 16.0. The molecule has 1 aliphatic heterocycles. The van der Waals surface area contributed by atoms with Gasteiger partial charge in [-0.15, -0.1) is 0 Å². The molecule has 6 heteroatoms. The number of aliphatic hydroxyl groups is 1. The Morgan fingerprint density at radius 2 is 0.634 bits per heavy atom. The fraction of sp³-hybridized carbons (Fsp3) is 0.954. The summed E-state index contributed by atoms with van der Waals surface area (Å²) in [5, 5.41) is 7.33. The zero-order chi connectivity index (χ0) is 51.8. The lowest BCUT2D eigenvalue weighted by Gasteiger charge is -2.29. The molecule has 1 heterocycles. The van der Waals surface area contributed by atoms with Crippen molar-refractivity contribution in [2.75, 3.05) is 72.0 Å². The molecule has 0 bridgehead atoms. The molecule has 1 N–H and O–H groups in total. The van der Waals surface area contributed by atoms with Gasteiger partial charge in [0.2, 0.25) is 5.91 Å². The molecular formula is C65H132N4O2. The summed E-state index contributed by atoms with van der Waals surface area (Å²) in [5.41, 5.74) is 0. The van der Waals surface area contributed by atoms with Crippen LogP contribution in [0.15, 0.2) is 12.8 Å². The van der Waals surface area contributed by atoms with E-state index in [0.717, 1.165) is 39.0 Å². The topological polar surface area (TPSA) is 50.3 Å². The van der Waals surface area contributed by atoms with Crippen molar-refractivity contribution in [3.05, 3.63) is 12.8 Å². The van der Waals surface area contributed by atoms with Gasteiger partial charge >= 0.3 is 0 Å². The highest BCUT2D eigenvalue weighted by Gasteiger charge is 2.27. The fourth-order valence-corrected chi connectivity index (χ4v) is 11.1. The number of likely N-dealkylation sites (tertiary alicyclic amines) is 1. The predicted molar refractivity (Wildman–Crippen MR) is 318 cm³/mol. The summed E-state index contributed by atoms with van der Waals surface area (Å²) in [6.45, 7) is 26.7. The SMILES string of the molecule is C=CO.CCCCCCCCCCCCCCN(CCCCCCCCCCCC)CCC1CCN(C(=O)CN(CCCCCCCCC)CCN(CCCCCCCCC)CCCCCCCCC)C1. The second kappa shape index (κ2) is 58.2. The number of unbranched alkanes of at least 4 members (excludes halogenated alkanes) is 38. The van der Waals surface area contributed by atoms with E-state index in [0.29, 0.717) is 18.4 Å². The minimum atomic E-state index is 0.417. The minimum absolute atomic E-state index is 0.417. The zero-order valence-electron chi connectivity index (χ0n) is 49.6. The van der Waals surface area contributed by atoms with Crippen molar-refractivity contribution >= 4 is 5.91 Å². The Hall–Kier alpha value is -1.11. The van der Waals surface area contributed by atoms with Gasteiger partial charge in [0.05, 0.1) is 12.8 Å². The molecule has 0 aliphatic carbocycles. The van der Waals surface area contributed by atoms with Crippen LogP contribution in [0.2, 0.25) is 0 Å². The number of carbonyl (C=O) groups excluding carboxylic acids is 1. The third-order valence-electron chi connectivity index (χ3n) is 16.0. The summed E-state index contributed by atoms with van der Waals surface area (Å²) in [6, 6.07) is 0. The van der Waals surface area contributed by atoms with Crippen molar-refractivity contribution in [3.63, 3.8) is 0 Å². The van der Waals surface area contributed by atoms with Crippen LogP contribution >= 0.6 is 0 Å². The highest BCUT2D eigenvalue weighted by molar-refractivity contribution is 5.78. The highest BCUT2D eigenvalue weighted by Crippen LogP contribution is 2.22. The first-order valence-electron chi connectivity index (χ1n) is 32.7. The van der Waals surface area contributed by atoms with Crippen LogP contribution in [0, 0.1) is 5.92 Å². The van der Waals surface area contributed by atoms with Gasteiger partial charge in [-0.3, -0.25) is 9.69 Å². The summed E-state index contributed by atoms with van der Waals surface area (Å²) in [5.74, 6) is 1.09. The Morgan fingerprint density at radius 3 is 0.930 bits per heavy atom. The average molecular weight is 1000 g/mol. The Balaban J connectivity index is 0.0000159. The van der Waals surface area contributed by atoms with Gasteiger partial charge in [0, 0.05) is 26.2 Å². The van der Waals surface area contributed by atoms with Gasteiger partial charge in [-0.2, -0.15) is 0 Å². The second-order valence-electron chi connectivity index (χ2n) is 22.9. The van der Waals surface area contributed by atoms with Gasteiger partial charge in [0.15, 0.2) is 0 Å². The Labute approximate surface area is 447 Å². The van der Waals surface area contributed by atoms with Gasteiger partial charge in [-0.05, 0) is 90.1 Å². The maximum absolute atomic E-state index is 14.1. The Morgan fingerprint density at radius 1 is 0.394 bits per heavy atom. The summed E-state index contributed by atoms with van der Waals surface area (Å²) in [6.07, 6.45) is 63.2. The number of aliphatic hydroxyl groups excluding tert-OH is 1. The van der Waals surface area contributed by atoms with Gasteiger partial charge in [0.25, 0.3) is 0 Å². The van der Waals surface area contributed by atoms with Gasteiger partial charge < -0.3 is 19.8 Å². The largest absolute Gasteiger partial charge is 0.516 e. The van der Waals surface area contributed by atoms with Crippen molar-refractivity contribution in [2.45, 2.75) is 324 Å². The molecule has 0 aromatic rings. The van der Waals surface area contributed by atoms with E-state index >= 15 is 0 Å². The van der Waals surface area contributed by atoms with Gasteiger partial charge in [0.1, 0.15) is 0 Å². The average Bonchev–Trinajstić information content (AvgIpc) is 3.86.